The van der Waals surface area contributed by atoms with Gasteiger partial charge < -0.3 is 29.7 Å². The Kier molecular flexibility index (Phi) is 10.3. The van der Waals surface area contributed by atoms with Crippen LogP contribution in [0.1, 0.15) is 31.4 Å². The number of benzene rings is 1. The highest BCUT2D eigenvalue weighted by atomic mass is 127. The second-order valence-corrected chi connectivity index (χ2v) is 7.30. The summed E-state index contributed by atoms with van der Waals surface area (Å²) in [4.78, 5) is 6.51. The second kappa shape index (κ2) is 11.7. The highest BCUT2D eigenvalue weighted by molar-refractivity contribution is 14.0. The van der Waals surface area contributed by atoms with Crippen molar-refractivity contribution in [2.45, 2.75) is 31.4 Å². The summed E-state index contributed by atoms with van der Waals surface area (Å²) in [6.07, 6.45) is 2.19. The molecule has 1 aliphatic rings. The van der Waals surface area contributed by atoms with E-state index in [2.05, 4.69) is 47.6 Å². The first-order valence-electron chi connectivity index (χ1n) is 9.39. The molecule has 0 aromatic heterocycles. The molecule has 2 N–H and O–H groups in total. The number of aliphatic imine (C=N–C) groups is 1. The molecule has 0 spiro atoms. The van der Waals surface area contributed by atoms with Crippen LogP contribution >= 0.6 is 24.0 Å². The van der Waals surface area contributed by atoms with Gasteiger partial charge in [0.15, 0.2) is 17.5 Å². The molecule has 0 radical (unpaired) electrons. The van der Waals surface area contributed by atoms with Gasteiger partial charge in [-0.25, -0.2) is 0 Å². The van der Waals surface area contributed by atoms with E-state index in [1.165, 1.54) is 0 Å². The summed E-state index contributed by atoms with van der Waals surface area (Å²) >= 11 is 0. The molecule has 1 heterocycles. The topological polar surface area (TPSA) is 67.4 Å². The Labute approximate surface area is 186 Å². The molecule has 8 heteroatoms. The van der Waals surface area contributed by atoms with E-state index in [9.17, 15) is 0 Å². The predicted octanol–water partition coefficient (Wildman–Crippen LogP) is 2.66. The van der Waals surface area contributed by atoms with E-state index in [4.69, 9.17) is 14.2 Å². The average Bonchev–Trinajstić information content (AvgIpc) is 3.10. The second-order valence-electron chi connectivity index (χ2n) is 7.30. The summed E-state index contributed by atoms with van der Waals surface area (Å²) in [6, 6.07) is 6.18. The monoisotopic (exact) mass is 506 g/mol. The van der Waals surface area contributed by atoms with Crippen LogP contribution in [0.4, 0.5) is 0 Å². The zero-order valence-electron chi connectivity index (χ0n) is 17.9. The Morgan fingerprint density at radius 1 is 1.25 bits per heavy atom. The van der Waals surface area contributed by atoms with Crippen molar-refractivity contribution in [2.75, 3.05) is 55.1 Å². The lowest BCUT2D eigenvalue weighted by atomic mass is 10.0. The third-order valence-corrected chi connectivity index (χ3v) is 5.03. The van der Waals surface area contributed by atoms with E-state index >= 15 is 0 Å². The van der Waals surface area contributed by atoms with E-state index in [0.29, 0.717) is 6.54 Å². The van der Waals surface area contributed by atoms with Gasteiger partial charge in [0.05, 0.1) is 25.9 Å². The van der Waals surface area contributed by atoms with Crippen molar-refractivity contribution in [3.8, 4) is 11.5 Å². The van der Waals surface area contributed by atoms with E-state index < -0.39 is 0 Å². The summed E-state index contributed by atoms with van der Waals surface area (Å²) in [5.41, 5.74) is 1.04. The van der Waals surface area contributed by atoms with Crippen molar-refractivity contribution in [1.82, 2.24) is 15.5 Å². The van der Waals surface area contributed by atoms with Crippen LogP contribution < -0.4 is 20.1 Å². The molecule has 1 aliphatic heterocycles. The molecule has 1 fully saturated rings. The van der Waals surface area contributed by atoms with Crippen molar-refractivity contribution in [3.05, 3.63) is 23.8 Å². The molecule has 1 saturated heterocycles. The number of nitrogens with zero attached hydrogens (tertiary/aromatic N) is 2. The first-order valence-corrected chi connectivity index (χ1v) is 9.39. The predicted molar refractivity (Wildman–Crippen MR) is 124 cm³/mol. The fourth-order valence-electron chi connectivity index (χ4n) is 3.32. The minimum atomic E-state index is -0.109. The van der Waals surface area contributed by atoms with Crippen LogP contribution in [0, 0.1) is 0 Å². The minimum absolute atomic E-state index is 0. The molecule has 0 bridgehead atoms. The molecule has 28 heavy (non-hydrogen) atoms. The van der Waals surface area contributed by atoms with Gasteiger partial charge in [-0.2, -0.15) is 0 Å². The molecule has 2 unspecified atom stereocenters. The largest absolute Gasteiger partial charge is 0.493 e. The van der Waals surface area contributed by atoms with Gasteiger partial charge in [-0.15, -0.1) is 24.0 Å². The maximum Gasteiger partial charge on any atom is 0.191 e. The third-order valence-electron chi connectivity index (χ3n) is 5.03. The van der Waals surface area contributed by atoms with Crippen LogP contribution in [-0.2, 0) is 4.74 Å². The fourth-order valence-corrected chi connectivity index (χ4v) is 3.32. The first kappa shape index (κ1) is 24.8. The van der Waals surface area contributed by atoms with Crippen LogP contribution in [0.3, 0.4) is 0 Å². The number of hydrogen-bond acceptors (Lipinski definition) is 5. The standard InChI is InChI=1S/C20H34N4O3.HI/c1-20(10-7-11-27-20)14-23-19(21-2)22-13-16(24(3)4)15-8-9-17(25-5)18(12-15)26-6;/h8-9,12,16H,7,10-11,13-14H2,1-6H3,(H2,21,22,23);1H. The number of halogens is 1. The van der Waals surface area contributed by atoms with Crippen LogP contribution in [0.25, 0.3) is 0 Å². The molecule has 160 valence electrons. The maximum absolute atomic E-state index is 5.84. The van der Waals surface area contributed by atoms with Crippen molar-refractivity contribution >= 4 is 29.9 Å². The Hall–Kier alpha value is -1.26. The van der Waals surface area contributed by atoms with Crippen LogP contribution in [0.2, 0.25) is 0 Å². The highest BCUT2D eigenvalue weighted by Gasteiger charge is 2.29. The summed E-state index contributed by atoms with van der Waals surface area (Å²) in [6.45, 7) is 4.44. The molecular weight excluding hydrogens is 471 g/mol. The fraction of sp³-hybridized carbons (Fsp3) is 0.650. The van der Waals surface area contributed by atoms with Gasteiger partial charge in [-0.05, 0) is 51.6 Å². The van der Waals surface area contributed by atoms with Gasteiger partial charge >= 0.3 is 0 Å². The summed E-state index contributed by atoms with van der Waals surface area (Å²) in [5.74, 6) is 2.24. The number of ether oxygens (including phenoxy) is 3. The number of likely N-dealkylation sites (N-methyl/N-ethyl adjacent to an activating group) is 1. The Morgan fingerprint density at radius 2 is 1.96 bits per heavy atom. The van der Waals surface area contributed by atoms with Crippen molar-refractivity contribution in [1.29, 1.82) is 0 Å². The molecule has 0 saturated carbocycles. The Bertz CT molecular complexity index is 634. The van der Waals surface area contributed by atoms with E-state index in [1.807, 2.05) is 12.1 Å². The average molecular weight is 506 g/mol. The maximum atomic E-state index is 5.84. The van der Waals surface area contributed by atoms with E-state index in [-0.39, 0.29) is 35.6 Å². The first-order chi connectivity index (χ1) is 12.9. The van der Waals surface area contributed by atoms with Crippen LogP contribution in [0.5, 0.6) is 11.5 Å². The van der Waals surface area contributed by atoms with Crippen LogP contribution in [-0.4, -0.2) is 71.5 Å². The minimum Gasteiger partial charge on any atom is -0.493 e. The molecule has 0 aliphatic carbocycles. The van der Waals surface area contributed by atoms with Crippen molar-refractivity contribution < 1.29 is 14.2 Å². The molecular formula is C20H35IN4O3. The number of rotatable bonds is 8. The lowest BCUT2D eigenvalue weighted by molar-refractivity contribution is 0.0242. The molecule has 1 aromatic carbocycles. The van der Waals surface area contributed by atoms with E-state index in [0.717, 1.165) is 49.0 Å². The zero-order chi connectivity index (χ0) is 19.9. The van der Waals surface area contributed by atoms with Crippen molar-refractivity contribution in [3.63, 3.8) is 0 Å². The van der Waals surface area contributed by atoms with Gasteiger partial charge in [0.25, 0.3) is 0 Å². The molecule has 7 nitrogen and oxygen atoms in total. The Balaban J connectivity index is 0.00000392. The van der Waals surface area contributed by atoms with Gasteiger partial charge in [0.1, 0.15) is 0 Å². The number of hydrogen-bond donors (Lipinski definition) is 2. The number of methoxy groups -OCH3 is 2. The van der Waals surface area contributed by atoms with Gasteiger partial charge in [0, 0.05) is 26.7 Å². The van der Waals surface area contributed by atoms with Gasteiger partial charge in [-0.3, -0.25) is 4.99 Å². The zero-order valence-corrected chi connectivity index (χ0v) is 20.2. The molecule has 2 rings (SSSR count). The molecule has 0 amide bonds. The number of nitrogens with one attached hydrogen (secondary N) is 2. The third kappa shape index (κ3) is 6.66. The summed E-state index contributed by atoms with van der Waals surface area (Å²) in [5, 5.41) is 6.82. The molecule has 2 atom stereocenters. The quantitative estimate of drug-likeness (QED) is 0.321. The molecule has 1 aromatic rings. The number of guanidine groups is 1. The lowest BCUT2D eigenvalue weighted by Crippen LogP contribution is -2.47. The SMILES string of the molecule is CN=C(NCC(c1ccc(OC)c(OC)c1)N(C)C)NCC1(C)CCCO1.I. The highest BCUT2D eigenvalue weighted by Crippen LogP contribution is 2.31. The van der Waals surface area contributed by atoms with Gasteiger partial charge in [0.2, 0.25) is 0 Å². The van der Waals surface area contributed by atoms with E-state index in [1.54, 1.807) is 21.3 Å². The van der Waals surface area contributed by atoms with Crippen molar-refractivity contribution in [2.24, 2.45) is 4.99 Å². The van der Waals surface area contributed by atoms with Gasteiger partial charge in [-0.1, -0.05) is 6.07 Å². The Morgan fingerprint density at radius 3 is 2.50 bits per heavy atom. The van der Waals surface area contributed by atoms with Crippen LogP contribution in [0.15, 0.2) is 23.2 Å². The normalized spacial score (nSPS) is 20.5. The smallest absolute Gasteiger partial charge is 0.191 e. The summed E-state index contributed by atoms with van der Waals surface area (Å²) < 4.78 is 16.6. The lowest BCUT2D eigenvalue weighted by Gasteiger charge is -2.28. The summed E-state index contributed by atoms with van der Waals surface area (Å²) in [7, 11) is 9.21.